The summed E-state index contributed by atoms with van der Waals surface area (Å²) in [5, 5.41) is 2.54. The van der Waals surface area contributed by atoms with Gasteiger partial charge in [0, 0.05) is 13.1 Å². The van der Waals surface area contributed by atoms with Crippen LogP contribution in [0.1, 0.15) is 13.0 Å². The Kier molecular flexibility index (Phi) is 3.41. The molecule has 1 unspecified atom stereocenters. The molecule has 0 bridgehead atoms. The first-order valence-corrected chi connectivity index (χ1v) is 6.05. The topological polar surface area (TPSA) is 49.8 Å². The molecule has 1 aromatic carbocycles. The average molecular weight is 288 g/mol. The van der Waals surface area contributed by atoms with E-state index in [9.17, 15) is 9.18 Å². The number of aromatic nitrogens is 2. The average Bonchev–Trinajstić information content (AvgIpc) is 2.63. The van der Waals surface area contributed by atoms with E-state index in [1.54, 1.807) is 18.5 Å². The molecule has 0 fully saturated rings. The molecule has 0 saturated heterocycles. The van der Waals surface area contributed by atoms with Gasteiger partial charge in [0.25, 0.3) is 0 Å². The number of nitrogens with one attached hydrogen (secondary N) is 2. The van der Waals surface area contributed by atoms with Gasteiger partial charge in [0.1, 0.15) is 11.9 Å². The number of nitrogens with zero attached hydrogens (tertiary/aromatic N) is 1. The van der Waals surface area contributed by atoms with Crippen molar-refractivity contribution in [3.8, 4) is 0 Å². The highest BCUT2D eigenvalue weighted by atomic mass is 35.5. The summed E-state index contributed by atoms with van der Waals surface area (Å²) in [6, 6.07) is 2.22. The van der Waals surface area contributed by atoms with Gasteiger partial charge in [-0.05, 0) is 25.2 Å². The lowest BCUT2D eigenvalue weighted by Gasteiger charge is -2.12. The Morgan fingerprint density at radius 2 is 2.28 bits per heavy atom. The van der Waals surface area contributed by atoms with E-state index in [1.165, 1.54) is 12.1 Å². The minimum absolute atomic E-state index is 0.00523. The SMILES string of the molecule is CNC(=O)C(C)n1c(=S)[nH]c2cc(F)c(Cl)cc21. The molecular weight excluding hydrogens is 277 g/mol. The van der Waals surface area contributed by atoms with Crippen LogP contribution in [0.15, 0.2) is 12.1 Å². The van der Waals surface area contributed by atoms with Gasteiger partial charge in [-0.25, -0.2) is 4.39 Å². The number of hydrogen-bond donors (Lipinski definition) is 2. The fourth-order valence-corrected chi connectivity index (χ4v) is 2.36. The zero-order valence-electron chi connectivity index (χ0n) is 9.75. The van der Waals surface area contributed by atoms with Crippen molar-refractivity contribution in [2.75, 3.05) is 7.05 Å². The Balaban J connectivity index is 2.71. The maximum Gasteiger partial charge on any atom is 0.242 e. The Labute approximate surface area is 113 Å². The molecule has 2 N–H and O–H groups in total. The van der Waals surface area contributed by atoms with E-state index in [4.69, 9.17) is 23.8 Å². The van der Waals surface area contributed by atoms with Crippen LogP contribution >= 0.6 is 23.8 Å². The summed E-state index contributed by atoms with van der Waals surface area (Å²) in [7, 11) is 1.55. The molecule has 7 heteroatoms. The molecule has 1 heterocycles. The van der Waals surface area contributed by atoms with E-state index in [-0.39, 0.29) is 10.9 Å². The maximum atomic E-state index is 13.3. The number of carbonyl (C=O) groups excluding carboxylic acids is 1. The molecule has 0 radical (unpaired) electrons. The maximum absolute atomic E-state index is 13.3. The number of benzene rings is 1. The number of likely N-dealkylation sites (N-methyl/N-ethyl adjacent to an activating group) is 1. The third kappa shape index (κ3) is 2.02. The second-order valence-corrected chi connectivity index (χ2v) is 4.67. The van der Waals surface area contributed by atoms with Gasteiger partial charge in [0.15, 0.2) is 4.77 Å². The number of rotatable bonds is 2. The Morgan fingerprint density at radius 3 is 2.89 bits per heavy atom. The van der Waals surface area contributed by atoms with Crippen molar-refractivity contribution in [1.29, 1.82) is 0 Å². The summed E-state index contributed by atoms with van der Waals surface area (Å²) in [5.74, 6) is -0.715. The van der Waals surface area contributed by atoms with Crippen molar-refractivity contribution in [3.63, 3.8) is 0 Å². The molecule has 1 atom stereocenters. The zero-order chi connectivity index (χ0) is 13.4. The molecule has 1 amide bonds. The van der Waals surface area contributed by atoms with Crippen molar-refractivity contribution < 1.29 is 9.18 Å². The number of fused-ring (bicyclic) bond motifs is 1. The van der Waals surface area contributed by atoms with E-state index in [0.29, 0.717) is 15.8 Å². The first kappa shape index (κ1) is 13.0. The van der Waals surface area contributed by atoms with E-state index in [0.717, 1.165) is 0 Å². The van der Waals surface area contributed by atoms with E-state index >= 15 is 0 Å². The van der Waals surface area contributed by atoms with Crippen LogP contribution in [0, 0.1) is 10.6 Å². The molecule has 0 aliphatic rings. The van der Waals surface area contributed by atoms with Gasteiger partial charge in [0.05, 0.1) is 16.1 Å². The minimum Gasteiger partial charge on any atom is -0.357 e. The van der Waals surface area contributed by atoms with Gasteiger partial charge in [-0.15, -0.1) is 0 Å². The monoisotopic (exact) mass is 287 g/mol. The van der Waals surface area contributed by atoms with Crippen LogP contribution < -0.4 is 5.32 Å². The number of hydrogen-bond acceptors (Lipinski definition) is 2. The van der Waals surface area contributed by atoms with Gasteiger partial charge in [-0.2, -0.15) is 0 Å². The summed E-state index contributed by atoms with van der Waals surface area (Å²) in [6.07, 6.45) is 0. The van der Waals surface area contributed by atoms with Gasteiger partial charge in [-0.3, -0.25) is 4.79 Å². The predicted octanol–water partition coefficient (Wildman–Crippen LogP) is 2.80. The van der Waals surface area contributed by atoms with Gasteiger partial charge in [0.2, 0.25) is 5.91 Å². The smallest absolute Gasteiger partial charge is 0.242 e. The lowest BCUT2D eigenvalue weighted by atomic mass is 10.2. The third-order valence-electron chi connectivity index (χ3n) is 2.77. The summed E-state index contributed by atoms with van der Waals surface area (Å²) in [5.41, 5.74) is 1.11. The molecule has 2 aromatic rings. The molecule has 0 aliphatic heterocycles. The second kappa shape index (κ2) is 4.70. The number of aromatic amines is 1. The number of halogens is 2. The van der Waals surface area contributed by atoms with Gasteiger partial charge >= 0.3 is 0 Å². The van der Waals surface area contributed by atoms with Gasteiger partial charge < -0.3 is 14.9 Å². The number of imidazole rings is 1. The summed E-state index contributed by atoms with van der Waals surface area (Å²) in [6.45, 7) is 1.71. The number of H-pyrrole nitrogens is 1. The number of carbonyl (C=O) groups is 1. The molecule has 1 aromatic heterocycles. The van der Waals surface area contributed by atoms with E-state index in [1.807, 2.05) is 0 Å². The lowest BCUT2D eigenvalue weighted by molar-refractivity contribution is -0.123. The predicted molar refractivity (Wildman–Crippen MR) is 70.9 cm³/mol. The van der Waals surface area contributed by atoms with Crippen molar-refractivity contribution >= 4 is 40.8 Å². The van der Waals surface area contributed by atoms with Crippen LogP contribution in [-0.4, -0.2) is 22.5 Å². The molecule has 0 saturated carbocycles. The van der Waals surface area contributed by atoms with E-state index < -0.39 is 11.9 Å². The largest absolute Gasteiger partial charge is 0.357 e. The minimum atomic E-state index is -0.528. The highest BCUT2D eigenvalue weighted by molar-refractivity contribution is 7.71. The first-order chi connectivity index (χ1) is 8.45. The lowest BCUT2D eigenvalue weighted by Crippen LogP contribution is -2.27. The summed E-state index contributed by atoms with van der Waals surface area (Å²) < 4.78 is 15.3. The number of amides is 1. The van der Waals surface area contributed by atoms with E-state index in [2.05, 4.69) is 10.3 Å². The van der Waals surface area contributed by atoms with Crippen molar-refractivity contribution in [3.05, 3.63) is 27.7 Å². The Morgan fingerprint density at radius 1 is 1.61 bits per heavy atom. The molecule has 4 nitrogen and oxygen atoms in total. The first-order valence-electron chi connectivity index (χ1n) is 5.26. The normalized spacial score (nSPS) is 12.7. The molecule has 96 valence electrons. The Hall–Kier alpha value is -1.40. The summed E-state index contributed by atoms with van der Waals surface area (Å²) in [4.78, 5) is 14.5. The molecule has 0 spiro atoms. The fraction of sp³-hybridized carbons (Fsp3) is 0.273. The molecule has 2 rings (SSSR count). The van der Waals surface area contributed by atoms with Crippen LogP contribution in [-0.2, 0) is 4.79 Å². The quantitative estimate of drug-likeness (QED) is 0.835. The highest BCUT2D eigenvalue weighted by Crippen LogP contribution is 2.25. The molecule has 18 heavy (non-hydrogen) atoms. The fourth-order valence-electron chi connectivity index (χ4n) is 1.83. The van der Waals surface area contributed by atoms with Crippen LogP contribution in [0.3, 0.4) is 0 Å². The van der Waals surface area contributed by atoms with Crippen LogP contribution in [0.4, 0.5) is 4.39 Å². The molecular formula is C11H11ClFN3OS. The van der Waals surface area contributed by atoms with Crippen LogP contribution in [0.25, 0.3) is 11.0 Å². The summed E-state index contributed by atoms with van der Waals surface area (Å²) >= 11 is 10.9. The third-order valence-corrected chi connectivity index (χ3v) is 3.36. The molecule has 0 aliphatic carbocycles. The van der Waals surface area contributed by atoms with Crippen molar-refractivity contribution in [1.82, 2.24) is 14.9 Å². The van der Waals surface area contributed by atoms with Crippen LogP contribution in [0.2, 0.25) is 5.02 Å². The zero-order valence-corrected chi connectivity index (χ0v) is 11.3. The van der Waals surface area contributed by atoms with Crippen LogP contribution in [0.5, 0.6) is 0 Å². The second-order valence-electron chi connectivity index (χ2n) is 3.87. The van der Waals surface area contributed by atoms with Crippen molar-refractivity contribution in [2.45, 2.75) is 13.0 Å². The van der Waals surface area contributed by atoms with Crippen molar-refractivity contribution in [2.24, 2.45) is 0 Å². The standard InChI is InChI=1S/C11H11ClFN3OS/c1-5(10(17)14-2)16-9-3-6(12)7(13)4-8(9)15-11(16)18/h3-5H,1-2H3,(H,14,17)(H,15,18). The van der Waals surface area contributed by atoms with Gasteiger partial charge in [-0.1, -0.05) is 11.6 Å². The highest BCUT2D eigenvalue weighted by Gasteiger charge is 2.18. The Bertz CT molecular complexity index is 679.